The molecule has 4 aromatic rings. The smallest absolute Gasteiger partial charge is 0.247 e. The number of benzene rings is 1. The van der Waals surface area contributed by atoms with Gasteiger partial charge in [0.05, 0.1) is 5.69 Å². The lowest BCUT2D eigenvalue weighted by molar-refractivity contribution is -0.111. The van der Waals surface area contributed by atoms with Crippen molar-refractivity contribution in [3.05, 3.63) is 73.5 Å². The van der Waals surface area contributed by atoms with Crippen LogP contribution >= 0.6 is 0 Å². The van der Waals surface area contributed by atoms with Gasteiger partial charge < -0.3 is 10.3 Å². The molecule has 0 bridgehead atoms. The fourth-order valence-electron chi connectivity index (χ4n) is 2.94. The molecule has 0 unspecified atom stereocenters. The maximum atomic E-state index is 11.5. The molecule has 2 N–H and O–H groups in total. The Morgan fingerprint density at radius 2 is 2.04 bits per heavy atom. The molecule has 0 fully saturated rings. The third kappa shape index (κ3) is 3.32. The molecule has 0 spiro atoms. The highest BCUT2D eigenvalue weighted by Crippen LogP contribution is 2.30. The van der Waals surface area contributed by atoms with Crippen molar-refractivity contribution in [2.45, 2.75) is 6.92 Å². The Bertz CT molecular complexity index is 1160. The first kappa shape index (κ1) is 16.7. The molecule has 6 heteroatoms. The van der Waals surface area contributed by atoms with Gasteiger partial charge in [-0.25, -0.2) is 15.0 Å². The summed E-state index contributed by atoms with van der Waals surface area (Å²) in [4.78, 5) is 27.8. The first-order valence-corrected chi connectivity index (χ1v) is 8.44. The van der Waals surface area contributed by atoms with Gasteiger partial charge in [-0.1, -0.05) is 18.7 Å². The molecule has 132 valence electrons. The molecule has 0 saturated heterocycles. The number of nitrogens with one attached hydrogen (secondary N) is 2. The van der Waals surface area contributed by atoms with Crippen LogP contribution in [0.1, 0.15) is 5.69 Å². The number of amides is 1. The number of carbonyl (C=O) groups excluding carboxylic acids is 1. The number of hydrogen-bond acceptors (Lipinski definition) is 4. The van der Waals surface area contributed by atoms with Crippen LogP contribution in [0.15, 0.2) is 67.8 Å². The number of aryl methyl sites for hydroxylation is 1. The summed E-state index contributed by atoms with van der Waals surface area (Å²) in [5.41, 5.74) is 6.13. The van der Waals surface area contributed by atoms with E-state index in [0.717, 1.165) is 39.1 Å². The normalized spacial score (nSPS) is 10.7. The number of aromatic nitrogens is 4. The average Bonchev–Trinajstić information content (AvgIpc) is 3.11. The summed E-state index contributed by atoms with van der Waals surface area (Å²) in [6.45, 7) is 5.41. The lowest BCUT2D eigenvalue weighted by Gasteiger charge is -2.07. The number of H-pyrrole nitrogens is 1. The number of fused-ring (bicyclic) bond motifs is 1. The molecule has 0 atom stereocenters. The van der Waals surface area contributed by atoms with Gasteiger partial charge in [0, 0.05) is 40.3 Å². The van der Waals surface area contributed by atoms with E-state index in [2.05, 4.69) is 37.9 Å². The Kier molecular flexibility index (Phi) is 4.22. The van der Waals surface area contributed by atoms with Crippen LogP contribution in [0.4, 0.5) is 5.69 Å². The second-order valence-electron chi connectivity index (χ2n) is 6.14. The van der Waals surface area contributed by atoms with E-state index < -0.39 is 0 Å². The summed E-state index contributed by atoms with van der Waals surface area (Å²) in [7, 11) is 0. The van der Waals surface area contributed by atoms with Gasteiger partial charge >= 0.3 is 0 Å². The zero-order valence-electron chi connectivity index (χ0n) is 14.7. The highest BCUT2D eigenvalue weighted by atomic mass is 16.1. The fourth-order valence-corrected chi connectivity index (χ4v) is 2.94. The number of hydrogen-bond donors (Lipinski definition) is 2. The molecule has 0 aliphatic carbocycles. The van der Waals surface area contributed by atoms with Gasteiger partial charge in [0.15, 0.2) is 0 Å². The standard InChI is InChI=1S/C21H17N5O/c1-3-20(27)26-16-6-4-5-14(8-16)15-9-17-18(11-23-21(17)22-10-15)19-7-13(2)24-12-25-19/h3-12H,1H2,2H3,(H,22,23)(H,26,27). The molecule has 4 rings (SSSR count). The lowest BCUT2D eigenvalue weighted by Crippen LogP contribution is -2.06. The number of nitrogens with zero attached hydrogens (tertiary/aromatic N) is 3. The molecule has 3 aromatic heterocycles. The van der Waals surface area contributed by atoms with Crippen LogP contribution in [0.25, 0.3) is 33.4 Å². The zero-order chi connectivity index (χ0) is 18.8. The van der Waals surface area contributed by atoms with Crippen LogP contribution in [0.2, 0.25) is 0 Å². The van der Waals surface area contributed by atoms with Crippen LogP contribution < -0.4 is 5.32 Å². The maximum Gasteiger partial charge on any atom is 0.247 e. The first-order valence-electron chi connectivity index (χ1n) is 8.44. The highest BCUT2D eigenvalue weighted by molar-refractivity contribution is 5.99. The Hall–Kier alpha value is -3.80. The monoisotopic (exact) mass is 355 g/mol. The fraction of sp³-hybridized carbons (Fsp3) is 0.0476. The van der Waals surface area contributed by atoms with Crippen LogP contribution in [0.3, 0.4) is 0 Å². The third-order valence-corrected chi connectivity index (χ3v) is 4.26. The van der Waals surface area contributed by atoms with Crippen molar-refractivity contribution in [1.29, 1.82) is 0 Å². The maximum absolute atomic E-state index is 11.5. The largest absolute Gasteiger partial charge is 0.345 e. The number of carbonyl (C=O) groups is 1. The molecule has 3 heterocycles. The Labute approximate surface area is 156 Å². The van der Waals surface area contributed by atoms with E-state index in [1.54, 1.807) is 6.33 Å². The molecule has 0 aliphatic rings. The van der Waals surface area contributed by atoms with Crippen molar-refractivity contribution in [2.75, 3.05) is 5.32 Å². The van der Waals surface area contributed by atoms with Gasteiger partial charge in [-0.2, -0.15) is 0 Å². The predicted octanol–water partition coefficient (Wildman–Crippen LogP) is 4.12. The van der Waals surface area contributed by atoms with E-state index in [1.807, 2.05) is 49.6 Å². The van der Waals surface area contributed by atoms with Gasteiger partial charge in [0.2, 0.25) is 5.91 Å². The molecule has 0 radical (unpaired) electrons. The minimum absolute atomic E-state index is 0.243. The van der Waals surface area contributed by atoms with Crippen LogP contribution in [-0.2, 0) is 4.79 Å². The summed E-state index contributed by atoms with van der Waals surface area (Å²) in [6.07, 6.45) is 6.52. The Morgan fingerprint density at radius 3 is 2.85 bits per heavy atom. The third-order valence-electron chi connectivity index (χ3n) is 4.26. The highest BCUT2D eigenvalue weighted by Gasteiger charge is 2.11. The minimum Gasteiger partial charge on any atom is -0.345 e. The molecular weight excluding hydrogens is 338 g/mol. The van der Waals surface area contributed by atoms with Crippen LogP contribution in [0.5, 0.6) is 0 Å². The van der Waals surface area contributed by atoms with Gasteiger partial charge in [-0.3, -0.25) is 4.79 Å². The summed E-state index contributed by atoms with van der Waals surface area (Å²) in [5.74, 6) is -0.243. The SMILES string of the molecule is C=CC(=O)Nc1cccc(-c2cnc3[nH]cc(-c4cc(C)ncn4)c3c2)c1. The number of aromatic amines is 1. The summed E-state index contributed by atoms with van der Waals surface area (Å²) < 4.78 is 0. The second kappa shape index (κ2) is 6.84. The van der Waals surface area contributed by atoms with E-state index in [1.165, 1.54) is 6.08 Å². The van der Waals surface area contributed by atoms with E-state index in [-0.39, 0.29) is 5.91 Å². The molecule has 1 aromatic carbocycles. The molecule has 27 heavy (non-hydrogen) atoms. The summed E-state index contributed by atoms with van der Waals surface area (Å²) in [5, 5.41) is 3.75. The van der Waals surface area contributed by atoms with Crippen molar-refractivity contribution in [3.8, 4) is 22.4 Å². The summed E-state index contributed by atoms with van der Waals surface area (Å²) >= 11 is 0. The van der Waals surface area contributed by atoms with Crippen molar-refractivity contribution < 1.29 is 4.79 Å². The van der Waals surface area contributed by atoms with Gasteiger partial charge in [-0.05, 0) is 42.8 Å². The van der Waals surface area contributed by atoms with Crippen molar-refractivity contribution in [1.82, 2.24) is 19.9 Å². The van der Waals surface area contributed by atoms with Crippen molar-refractivity contribution in [2.24, 2.45) is 0 Å². The van der Waals surface area contributed by atoms with Gasteiger partial charge in [0.25, 0.3) is 0 Å². The Balaban J connectivity index is 1.78. The van der Waals surface area contributed by atoms with E-state index in [9.17, 15) is 4.79 Å². The van der Waals surface area contributed by atoms with Crippen molar-refractivity contribution >= 4 is 22.6 Å². The van der Waals surface area contributed by atoms with E-state index >= 15 is 0 Å². The Morgan fingerprint density at radius 1 is 1.15 bits per heavy atom. The van der Waals surface area contributed by atoms with Crippen LogP contribution in [-0.4, -0.2) is 25.8 Å². The number of anilines is 1. The predicted molar refractivity (Wildman–Crippen MR) is 106 cm³/mol. The second-order valence-corrected chi connectivity index (χ2v) is 6.14. The van der Waals surface area contributed by atoms with Gasteiger partial charge in [-0.15, -0.1) is 0 Å². The molecule has 6 nitrogen and oxygen atoms in total. The van der Waals surface area contributed by atoms with Gasteiger partial charge in [0.1, 0.15) is 12.0 Å². The van der Waals surface area contributed by atoms with E-state index in [0.29, 0.717) is 5.69 Å². The summed E-state index contributed by atoms with van der Waals surface area (Å²) in [6, 6.07) is 11.6. The van der Waals surface area contributed by atoms with Crippen molar-refractivity contribution in [3.63, 3.8) is 0 Å². The molecule has 1 amide bonds. The van der Waals surface area contributed by atoms with E-state index in [4.69, 9.17) is 0 Å². The van der Waals surface area contributed by atoms with Crippen LogP contribution in [0, 0.1) is 6.92 Å². The quantitative estimate of drug-likeness (QED) is 0.539. The molecule has 0 saturated carbocycles. The lowest BCUT2D eigenvalue weighted by atomic mass is 10.0. The first-order chi connectivity index (χ1) is 13.1. The minimum atomic E-state index is -0.243. The topological polar surface area (TPSA) is 83.6 Å². The molecule has 0 aliphatic heterocycles. The number of pyridine rings is 1. The molecular formula is C21H17N5O. The average molecular weight is 355 g/mol. The zero-order valence-corrected chi connectivity index (χ0v) is 14.7. The number of rotatable bonds is 4.